The van der Waals surface area contributed by atoms with E-state index in [0.29, 0.717) is 39.3 Å². The molecule has 1 saturated carbocycles. The van der Waals surface area contributed by atoms with Crippen LogP contribution in [-0.4, -0.2) is 91.5 Å². The molecule has 1 aliphatic carbocycles. The molecule has 9 nitrogen and oxygen atoms in total. The number of ether oxygens (including phenoxy) is 2. The number of aromatic nitrogens is 1. The van der Waals surface area contributed by atoms with Crippen LogP contribution in [0.15, 0.2) is 17.1 Å². The molecule has 1 aromatic heterocycles. The number of carboxylic acid groups (broad SMARTS) is 1. The molecule has 2 fully saturated rings. The molecule has 0 amide bonds. The van der Waals surface area contributed by atoms with E-state index < -0.39 is 35.0 Å². The van der Waals surface area contributed by atoms with Crippen LogP contribution in [-0.2, 0) is 4.74 Å². The minimum Gasteiger partial charge on any atom is -0.492 e. The summed E-state index contributed by atoms with van der Waals surface area (Å²) in [5, 5.41) is 18.1. The molecule has 2 N–H and O–H groups in total. The van der Waals surface area contributed by atoms with Gasteiger partial charge in [0, 0.05) is 45.3 Å². The van der Waals surface area contributed by atoms with Crippen LogP contribution < -0.4 is 15.1 Å². The summed E-state index contributed by atoms with van der Waals surface area (Å²) in [6.45, 7) is 3.69. The molecule has 1 aliphatic heterocycles. The van der Waals surface area contributed by atoms with Crippen LogP contribution in [0.4, 0.5) is 14.5 Å². The number of fused-ring (bicyclic) bond motifs is 1. The molecule has 0 spiro atoms. The first-order valence-corrected chi connectivity index (χ1v) is 10.9. The predicted molar refractivity (Wildman–Crippen MR) is 117 cm³/mol. The van der Waals surface area contributed by atoms with Gasteiger partial charge in [0.05, 0.1) is 43.9 Å². The van der Waals surface area contributed by atoms with E-state index in [2.05, 4.69) is 4.90 Å². The van der Waals surface area contributed by atoms with E-state index in [9.17, 15) is 19.1 Å². The lowest BCUT2D eigenvalue weighted by Gasteiger charge is -2.37. The van der Waals surface area contributed by atoms with E-state index in [1.54, 1.807) is 0 Å². The van der Waals surface area contributed by atoms with E-state index in [1.165, 1.54) is 11.7 Å². The van der Waals surface area contributed by atoms with Crippen LogP contribution in [0, 0.1) is 5.82 Å². The number of piperazine rings is 1. The fourth-order valence-electron chi connectivity index (χ4n) is 4.34. The Morgan fingerprint density at radius 1 is 1.24 bits per heavy atom. The largest absolute Gasteiger partial charge is 0.492 e. The highest BCUT2D eigenvalue weighted by Gasteiger charge is 2.41. The van der Waals surface area contributed by atoms with Gasteiger partial charge in [-0.15, -0.1) is 0 Å². The van der Waals surface area contributed by atoms with E-state index in [4.69, 9.17) is 14.6 Å². The molecule has 180 valence electrons. The summed E-state index contributed by atoms with van der Waals surface area (Å²) >= 11 is 0. The molecule has 11 heteroatoms. The number of halogens is 2. The maximum atomic E-state index is 15.3. The number of anilines is 1. The minimum atomic E-state index is -1.45. The smallest absolute Gasteiger partial charge is 0.341 e. The number of carbonyl (C=O) groups is 1. The van der Waals surface area contributed by atoms with Crippen molar-refractivity contribution in [2.45, 2.75) is 18.6 Å². The maximum Gasteiger partial charge on any atom is 0.341 e. The molecule has 2 heterocycles. The Labute approximate surface area is 188 Å². The number of hydrogen-bond acceptors (Lipinski definition) is 7. The van der Waals surface area contributed by atoms with Crippen LogP contribution in [0.25, 0.3) is 10.9 Å². The zero-order valence-electron chi connectivity index (χ0n) is 18.3. The number of rotatable bonds is 9. The molecule has 4 rings (SSSR count). The summed E-state index contributed by atoms with van der Waals surface area (Å²) < 4.78 is 41.6. The SMILES string of the molecule is COc1c(N2CCN(CCOCCO)CC2)c(F)cc2c(=O)c(C(=O)O)cn([C@@H]3C[C@@H]3F)c12. The number of alkyl halides is 1. The van der Waals surface area contributed by atoms with Crippen molar-refractivity contribution in [1.29, 1.82) is 0 Å². The fourth-order valence-corrected chi connectivity index (χ4v) is 4.34. The van der Waals surface area contributed by atoms with Crippen LogP contribution >= 0.6 is 0 Å². The Balaban J connectivity index is 1.70. The summed E-state index contributed by atoms with van der Waals surface area (Å²) in [7, 11) is 1.35. The van der Waals surface area contributed by atoms with Gasteiger partial charge in [-0.3, -0.25) is 9.69 Å². The average Bonchev–Trinajstić information content (AvgIpc) is 3.53. The standard InChI is InChI=1S/C22H27F2N3O6/c1-32-21-18-13(20(29)14(22(30)31)12-27(18)17-11-15(17)23)10-16(24)19(21)26-4-2-25(3-5-26)6-8-33-9-7-28/h10,12,15,17,28H,2-9,11H2,1H3,(H,30,31)/t15-,17+/m0/s1. The third-order valence-electron chi connectivity index (χ3n) is 6.15. The third-order valence-corrected chi connectivity index (χ3v) is 6.15. The van der Waals surface area contributed by atoms with Gasteiger partial charge in [-0.1, -0.05) is 0 Å². The number of aliphatic hydroxyl groups excluding tert-OH is 1. The van der Waals surface area contributed by atoms with Gasteiger partial charge in [-0.2, -0.15) is 0 Å². The number of benzene rings is 1. The Bertz CT molecular complexity index is 1100. The van der Waals surface area contributed by atoms with Crippen molar-refractivity contribution in [3.05, 3.63) is 33.9 Å². The first-order chi connectivity index (χ1) is 15.9. The van der Waals surface area contributed by atoms with Crippen LogP contribution in [0.1, 0.15) is 22.8 Å². The first-order valence-electron chi connectivity index (χ1n) is 10.9. The van der Waals surface area contributed by atoms with Crippen LogP contribution in [0.3, 0.4) is 0 Å². The second kappa shape index (κ2) is 9.62. The molecule has 0 radical (unpaired) electrons. The van der Waals surface area contributed by atoms with Gasteiger partial charge >= 0.3 is 5.97 Å². The summed E-state index contributed by atoms with van der Waals surface area (Å²) in [5.41, 5.74) is -0.989. The molecule has 0 bridgehead atoms. The highest BCUT2D eigenvalue weighted by molar-refractivity contribution is 5.97. The lowest BCUT2D eigenvalue weighted by molar-refractivity contribution is 0.0694. The Hall–Kier alpha value is -2.76. The summed E-state index contributed by atoms with van der Waals surface area (Å²) in [6.07, 6.45) is 0.141. The third kappa shape index (κ3) is 4.53. The van der Waals surface area contributed by atoms with Gasteiger partial charge in [-0.25, -0.2) is 13.6 Å². The highest BCUT2D eigenvalue weighted by Crippen LogP contribution is 2.45. The summed E-state index contributed by atoms with van der Waals surface area (Å²) in [6, 6.07) is 0.401. The van der Waals surface area contributed by atoms with Crippen molar-refractivity contribution >= 4 is 22.6 Å². The van der Waals surface area contributed by atoms with Crippen molar-refractivity contribution in [2.75, 3.05) is 64.6 Å². The molecule has 33 heavy (non-hydrogen) atoms. The Kier molecular flexibility index (Phi) is 6.82. The van der Waals surface area contributed by atoms with E-state index >= 15 is 4.39 Å². The van der Waals surface area contributed by atoms with Crippen molar-refractivity contribution in [3.63, 3.8) is 0 Å². The Morgan fingerprint density at radius 2 is 1.94 bits per heavy atom. The second-order valence-corrected chi connectivity index (χ2v) is 8.20. The van der Waals surface area contributed by atoms with Gasteiger partial charge in [-0.05, 0) is 6.07 Å². The number of nitrogens with zero attached hydrogens (tertiary/aromatic N) is 3. The molecular formula is C22H27F2N3O6. The first kappa shape index (κ1) is 23.4. The van der Waals surface area contributed by atoms with Gasteiger partial charge in [0.2, 0.25) is 5.43 Å². The molecular weight excluding hydrogens is 440 g/mol. The van der Waals surface area contributed by atoms with E-state index in [1.807, 2.05) is 4.90 Å². The van der Waals surface area contributed by atoms with Gasteiger partial charge in [0.1, 0.15) is 17.4 Å². The molecule has 0 unspecified atom stereocenters. The quantitative estimate of drug-likeness (QED) is 0.532. The number of methoxy groups -OCH3 is 1. The lowest BCUT2D eigenvalue weighted by Crippen LogP contribution is -2.47. The predicted octanol–water partition coefficient (Wildman–Crippen LogP) is 1.26. The topological polar surface area (TPSA) is 104 Å². The number of carboxylic acids is 1. The fraction of sp³-hybridized carbons (Fsp3) is 0.545. The van der Waals surface area contributed by atoms with Crippen molar-refractivity contribution < 1.29 is 33.3 Å². The van der Waals surface area contributed by atoms with E-state index in [0.717, 1.165) is 12.3 Å². The van der Waals surface area contributed by atoms with Crippen molar-refractivity contribution in [1.82, 2.24) is 9.47 Å². The van der Waals surface area contributed by atoms with Crippen molar-refractivity contribution in [3.8, 4) is 5.75 Å². The summed E-state index contributed by atoms with van der Waals surface area (Å²) in [4.78, 5) is 28.3. The number of pyridine rings is 1. The van der Waals surface area contributed by atoms with Gasteiger partial charge < -0.3 is 29.2 Å². The Morgan fingerprint density at radius 3 is 2.52 bits per heavy atom. The zero-order valence-corrected chi connectivity index (χ0v) is 18.3. The van der Waals surface area contributed by atoms with Gasteiger partial charge in [0.15, 0.2) is 11.6 Å². The minimum absolute atomic E-state index is 0.0299. The van der Waals surface area contributed by atoms with Gasteiger partial charge in [0.25, 0.3) is 0 Å². The highest BCUT2D eigenvalue weighted by atomic mass is 19.1. The normalized spacial score (nSPS) is 20.9. The lowest BCUT2D eigenvalue weighted by atomic mass is 10.1. The number of hydrogen-bond donors (Lipinski definition) is 2. The molecule has 1 aromatic carbocycles. The second-order valence-electron chi connectivity index (χ2n) is 8.20. The van der Waals surface area contributed by atoms with Crippen LogP contribution in [0.5, 0.6) is 5.75 Å². The van der Waals surface area contributed by atoms with Crippen LogP contribution in [0.2, 0.25) is 0 Å². The number of aromatic carboxylic acids is 1. The monoisotopic (exact) mass is 467 g/mol. The van der Waals surface area contributed by atoms with E-state index in [-0.39, 0.29) is 42.0 Å². The average molecular weight is 467 g/mol. The van der Waals surface area contributed by atoms with Crippen molar-refractivity contribution in [2.24, 2.45) is 0 Å². The molecule has 2 atom stereocenters. The zero-order chi connectivity index (χ0) is 23.7. The maximum absolute atomic E-state index is 15.3. The molecule has 2 aliphatic rings. The summed E-state index contributed by atoms with van der Waals surface area (Å²) in [5.74, 6) is -2.05. The molecule has 1 saturated heterocycles. The molecule has 2 aromatic rings. The number of aliphatic hydroxyl groups is 1.